The molecule has 2 fully saturated rings. The number of halogens is 3. The number of nitrogens with one attached hydrogen (secondary N) is 1. The van der Waals surface area contributed by atoms with Crippen molar-refractivity contribution in [3.63, 3.8) is 0 Å². The summed E-state index contributed by atoms with van der Waals surface area (Å²) in [6.07, 6.45) is -0.146. The molecule has 1 N–H and O–H groups in total. The molecule has 0 radical (unpaired) electrons. The zero-order valence-electron chi connectivity index (χ0n) is 11.0. The van der Waals surface area contributed by atoms with Crippen LogP contribution < -0.4 is 10.1 Å². The van der Waals surface area contributed by atoms with Crippen LogP contribution in [0.2, 0.25) is 0 Å². The molecule has 0 amide bonds. The molecule has 3 rings (SSSR count). The van der Waals surface area contributed by atoms with E-state index in [2.05, 4.69) is 10.3 Å². The number of rotatable bonds is 4. The lowest BCUT2D eigenvalue weighted by atomic mass is 10.0. The highest BCUT2D eigenvalue weighted by Gasteiger charge is 2.41. The number of hydrogen-bond donors (Lipinski definition) is 1. The van der Waals surface area contributed by atoms with E-state index in [1.54, 1.807) is 0 Å². The maximum absolute atomic E-state index is 12.4. The lowest BCUT2D eigenvalue weighted by Crippen LogP contribution is -2.36. The van der Waals surface area contributed by atoms with Crippen LogP contribution in [-0.4, -0.2) is 24.2 Å². The number of nitrogens with zero attached hydrogens (tertiary/aromatic N) is 1. The van der Waals surface area contributed by atoms with Crippen LogP contribution >= 0.6 is 0 Å². The number of pyridine rings is 1. The van der Waals surface area contributed by atoms with Crippen molar-refractivity contribution < 1.29 is 17.9 Å². The Bertz CT molecular complexity index is 460. The molecule has 0 bridgehead atoms. The van der Waals surface area contributed by atoms with Crippen molar-refractivity contribution in [2.24, 2.45) is 11.8 Å². The minimum Gasteiger partial charge on any atom is -0.478 e. The first-order valence-corrected chi connectivity index (χ1v) is 6.92. The van der Waals surface area contributed by atoms with Crippen LogP contribution in [0.3, 0.4) is 0 Å². The molecule has 2 aliphatic rings. The van der Waals surface area contributed by atoms with Gasteiger partial charge in [0.1, 0.15) is 0 Å². The Balaban J connectivity index is 1.44. The predicted octanol–water partition coefficient (Wildman–Crippen LogP) is 2.87. The fourth-order valence-corrected chi connectivity index (χ4v) is 2.77. The fraction of sp³-hybridized carbons (Fsp3) is 0.643. The summed E-state index contributed by atoms with van der Waals surface area (Å²) in [6.45, 7) is 1.57. The maximum Gasteiger partial charge on any atom is 0.417 e. The molecule has 2 heterocycles. The van der Waals surface area contributed by atoms with E-state index >= 15 is 0 Å². The summed E-state index contributed by atoms with van der Waals surface area (Å²) in [5.74, 6) is 2.01. The van der Waals surface area contributed by atoms with Gasteiger partial charge in [0.25, 0.3) is 0 Å². The minimum atomic E-state index is -4.35. The lowest BCUT2D eigenvalue weighted by molar-refractivity contribution is -0.137. The fourth-order valence-electron chi connectivity index (χ4n) is 2.77. The van der Waals surface area contributed by atoms with Crippen molar-refractivity contribution in [3.05, 3.63) is 23.9 Å². The van der Waals surface area contributed by atoms with E-state index in [-0.39, 0.29) is 5.88 Å². The summed E-state index contributed by atoms with van der Waals surface area (Å²) >= 11 is 0. The van der Waals surface area contributed by atoms with Crippen molar-refractivity contribution in [1.82, 2.24) is 10.3 Å². The smallest absolute Gasteiger partial charge is 0.417 e. The van der Waals surface area contributed by atoms with Crippen molar-refractivity contribution in [2.45, 2.75) is 31.5 Å². The molecule has 0 aromatic carbocycles. The standard InChI is InChI=1S/C14H17F3N2O/c15-14(16,17)11-1-2-13(19-8-11)20-4-3-12-6-9-5-10(9)7-18-12/h1-2,8-10,12,18H,3-7H2/t9-,10+,12-/m1/s1. The SMILES string of the molecule is FC(F)(F)c1ccc(OCC[C@@H]2C[C@H]3C[C@H]3CN2)nc1. The minimum absolute atomic E-state index is 0.248. The predicted molar refractivity (Wildman–Crippen MR) is 67.4 cm³/mol. The van der Waals surface area contributed by atoms with Crippen molar-refractivity contribution in [1.29, 1.82) is 0 Å². The normalized spacial score (nSPS) is 28.9. The molecule has 110 valence electrons. The molecule has 1 saturated carbocycles. The highest BCUT2D eigenvalue weighted by Crippen LogP contribution is 2.44. The average Bonchev–Trinajstić information content (AvgIpc) is 3.17. The van der Waals surface area contributed by atoms with Crippen molar-refractivity contribution in [2.75, 3.05) is 13.2 Å². The Morgan fingerprint density at radius 2 is 2.10 bits per heavy atom. The van der Waals surface area contributed by atoms with Gasteiger partial charge in [0.05, 0.1) is 12.2 Å². The van der Waals surface area contributed by atoms with Crippen LogP contribution in [0.15, 0.2) is 18.3 Å². The van der Waals surface area contributed by atoms with E-state index in [9.17, 15) is 13.2 Å². The molecule has 6 heteroatoms. The first-order valence-electron chi connectivity index (χ1n) is 6.92. The molecule has 1 aliphatic carbocycles. The van der Waals surface area contributed by atoms with Crippen molar-refractivity contribution >= 4 is 0 Å². The molecule has 1 saturated heterocycles. The van der Waals surface area contributed by atoms with Gasteiger partial charge < -0.3 is 10.1 Å². The molecule has 1 aliphatic heterocycles. The Labute approximate surface area is 115 Å². The molecule has 0 spiro atoms. The Kier molecular flexibility index (Phi) is 3.58. The molecule has 3 nitrogen and oxygen atoms in total. The first kappa shape index (κ1) is 13.7. The molecule has 20 heavy (non-hydrogen) atoms. The van der Waals surface area contributed by atoms with Crippen LogP contribution in [0.25, 0.3) is 0 Å². The van der Waals surface area contributed by atoms with Gasteiger partial charge in [-0.25, -0.2) is 4.98 Å². The highest BCUT2D eigenvalue weighted by molar-refractivity contribution is 5.20. The number of fused-ring (bicyclic) bond motifs is 1. The summed E-state index contributed by atoms with van der Waals surface area (Å²) in [4.78, 5) is 3.69. The topological polar surface area (TPSA) is 34.1 Å². The molecule has 1 aromatic rings. The van der Waals surface area contributed by atoms with Crippen LogP contribution in [-0.2, 0) is 6.18 Å². The van der Waals surface area contributed by atoms with Gasteiger partial charge in [-0.05, 0) is 43.7 Å². The molecule has 1 aromatic heterocycles. The van der Waals surface area contributed by atoms with Gasteiger partial charge in [0.15, 0.2) is 0 Å². The number of piperidine rings is 1. The summed E-state index contributed by atoms with van der Waals surface area (Å²) in [5.41, 5.74) is -0.751. The second-order valence-corrected chi connectivity index (χ2v) is 5.62. The zero-order chi connectivity index (χ0) is 14.2. The van der Waals surface area contributed by atoms with E-state index in [1.807, 2.05) is 0 Å². The van der Waals surface area contributed by atoms with E-state index in [4.69, 9.17) is 4.74 Å². The number of ether oxygens (including phenoxy) is 1. The Morgan fingerprint density at radius 1 is 1.25 bits per heavy atom. The van der Waals surface area contributed by atoms with Gasteiger partial charge in [-0.3, -0.25) is 0 Å². The first-order chi connectivity index (χ1) is 9.52. The maximum atomic E-state index is 12.4. The lowest BCUT2D eigenvalue weighted by Gasteiger charge is -2.22. The van der Waals surface area contributed by atoms with Crippen LogP contribution in [0, 0.1) is 11.8 Å². The van der Waals surface area contributed by atoms with Gasteiger partial charge in [-0.1, -0.05) is 0 Å². The molecular formula is C14H17F3N2O. The van der Waals surface area contributed by atoms with Crippen LogP contribution in [0.1, 0.15) is 24.8 Å². The van der Waals surface area contributed by atoms with Crippen LogP contribution in [0.4, 0.5) is 13.2 Å². The van der Waals surface area contributed by atoms with E-state index < -0.39 is 11.7 Å². The van der Waals surface area contributed by atoms with E-state index in [0.29, 0.717) is 12.6 Å². The van der Waals surface area contributed by atoms with E-state index in [0.717, 1.165) is 37.1 Å². The quantitative estimate of drug-likeness (QED) is 0.924. The number of aromatic nitrogens is 1. The Hall–Kier alpha value is -1.30. The Morgan fingerprint density at radius 3 is 2.75 bits per heavy atom. The van der Waals surface area contributed by atoms with Gasteiger partial charge in [-0.15, -0.1) is 0 Å². The highest BCUT2D eigenvalue weighted by atomic mass is 19.4. The summed E-state index contributed by atoms with van der Waals surface area (Å²) < 4.78 is 42.5. The van der Waals surface area contributed by atoms with Crippen LogP contribution in [0.5, 0.6) is 5.88 Å². The summed E-state index contributed by atoms with van der Waals surface area (Å²) in [6, 6.07) is 2.73. The van der Waals surface area contributed by atoms with Gasteiger partial charge in [-0.2, -0.15) is 13.2 Å². The number of hydrogen-bond acceptors (Lipinski definition) is 3. The second-order valence-electron chi connectivity index (χ2n) is 5.62. The monoisotopic (exact) mass is 286 g/mol. The van der Waals surface area contributed by atoms with Gasteiger partial charge in [0, 0.05) is 18.3 Å². The largest absolute Gasteiger partial charge is 0.478 e. The van der Waals surface area contributed by atoms with Gasteiger partial charge >= 0.3 is 6.18 Å². The van der Waals surface area contributed by atoms with Gasteiger partial charge in [0.2, 0.25) is 5.88 Å². The molecule has 3 atom stereocenters. The van der Waals surface area contributed by atoms with E-state index in [1.165, 1.54) is 18.9 Å². The molecule has 0 unspecified atom stereocenters. The molecular weight excluding hydrogens is 269 g/mol. The second kappa shape index (κ2) is 5.24. The third-order valence-electron chi connectivity index (χ3n) is 4.10. The van der Waals surface area contributed by atoms with Crippen molar-refractivity contribution in [3.8, 4) is 5.88 Å². The summed E-state index contributed by atoms with van der Waals surface area (Å²) in [7, 11) is 0. The zero-order valence-corrected chi connectivity index (χ0v) is 11.0. The number of alkyl halides is 3. The third-order valence-corrected chi connectivity index (χ3v) is 4.10. The summed E-state index contributed by atoms with van der Waals surface area (Å²) in [5, 5.41) is 3.48. The average molecular weight is 286 g/mol. The third kappa shape index (κ3) is 3.23.